The zero-order valence-corrected chi connectivity index (χ0v) is 10.9. The summed E-state index contributed by atoms with van der Waals surface area (Å²) in [7, 11) is 0. The van der Waals surface area contributed by atoms with Crippen LogP contribution in [0.2, 0.25) is 0 Å². The number of carbonyl (C=O) groups is 2. The molecule has 0 aliphatic rings. The number of hydrogen-bond acceptors (Lipinski definition) is 4. The molecule has 1 rings (SSSR count). The van der Waals surface area contributed by atoms with E-state index in [1.807, 2.05) is 13.0 Å². The van der Waals surface area contributed by atoms with Crippen LogP contribution in [0.1, 0.15) is 5.56 Å². The van der Waals surface area contributed by atoms with Crippen LogP contribution < -0.4 is 10.7 Å². The zero-order chi connectivity index (χ0) is 14.4. The van der Waals surface area contributed by atoms with Gasteiger partial charge in [-0.3, -0.25) is 9.59 Å². The second-order valence-electron chi connectivity index (χ2n) is 3.60. The second-order valence-corrected chi connectivity index (χ2v) is 3.87. The lowest BCUT2D eigenvalue weighted by Crippen LogP contribution is -2.31. The highest BCUT2D eigenvalue weighted by molar-refractivity contribution is 6.45. The number of hydrazone groups is 1. The van der Waals surface area contributed by atoms with Crippen molar-refractivity contribution in [3.8, 4) is 6.07 Å². The average molecular weight is 279 g/mol. The quantitative estimate of drug-likeness (QED) is 0.504. The van der Waals surface area contributed by atoms with Crippen molar-refractivity contribution in [2.75, 3.05) is 10.9 Å². The van der Waals surface area contributed by atoms with Gasteiger partial charge in [-0.25, -0.2) is 0 Å². The van der Waals surface area contributed by atoms with E-state index in [9.17, 15) is 9.59 Å². The van der Waals surface area contributed by atoms with Crippen LogP contribution in [-0.2, 0) is 9.59 Å². The average Bonchev–Trinajstić information content (AvgIpc) is 2.38. The second kappa shape index (κ2) is 6.52. The molecule has 1 aromatic carbocycles. The number of halogens is 1. The van der Waals surface area contributed by atoms with Gasteiger partial charge < -0.3 is 5.73 Å². The number of rotatable bonds is 4. The molecule has 0 aromatic heterocycles. The number of alkyl halides is 1. The smallest absolute Gasteiger partial charge is 0.280 e. The molecule has 98 valence electrons. The van der Waals surface area contributed by atoms with Gasteiger partial charge in [0.1, 0.15) is 11.9 Å². The van der Waals surface area contributed by atoms with E-state index in [2.05, 4.69) is 5.10 Å². The van der Waals surface area contributed by atoms with Gasteiger partial charge in [0.05, 0.1) is 5.69 Å². The first-order chi connectivity index (χ1) is 8.99. The molecule has 0 radical (unpaired) electrons. The molecule has 2 amide bonds. The summed E-state index contributed by atoms with van der Waals surface area (Å²) in [6.07, 6.45) is 0. The number of nitrogens with zero attached hydrogens (tertiary/aromatic N) is 3. The van der Waals surface area contributed by atoms with Crippen LogP contribution in [0.25, 0.3) is 0 Å². The lowest BCUT2D eigenvalue weighted by Gasteiger charge is -2.16. The minimum Gasteiger partial charge on any atom is -0.364 e. The standard InChI is InChI=1S/C12H11ClN4O2/c1-8-3-2-4-9(5-8)17(11(18)6-13)16-10(7-14)12(15)19/h2-5H,6H2,1H3,(H2,15,19). The summed E-state index contributed by atoms with van der Waals surface area (Å²) in [5, 5.41) is 13.3. The topological polar surface area (TPSA) is 99.5 Å². The molecular formula is C12H11ClN4O2. The minimum absolute atomic E-state index is 0.338. The van der Waals surface area contributed by atoms with Crippen molar-refractivity contribution in [1.29, 1.82) is 5.26 Å². The first-order valence-corrected chi connectivity index (χ1v) is 5.77. The lowest BCUT2D eigenvalue weighted by molar-refractivity contribution is -0.116. The Balaban J connectivity index is 3.28. The van der Waals surface area contributed by atoms with Crippen LogP contribution in [0.3, 0.4) is 0 Å². The van der Waals surface area contributed by atoms with Gasteiger partial charge in [0.2, 0.25) is 5.71 Å². The highest BCUT2D eigenvalue weighted by atomic mass is 35.5. The number of aryl methyl sites for hydroxylation is 1. The monoisotopic (exact) mass is 278 g/mol. The van der Waals surface area contributed by atoms with Gasteiger partial charge in [-0.1, -0.05) is 12.1 Å². The summed E-state index contributed by atoms with van der Waals surface area (Å²) in [6.45, 7) is 1.83. The molecular weight excluding hydrogens is 268 g/mol. The number of nitrogens with two attached hydrogens (primary N) is 1. The van der Waals surface area contributed by atoms with Crippen LogP contribution in [0, 0.1) is 18.3 Å². The van der Waals surface area contributed by atoms with E-state index >= 15 is 0 Å². The minimum atomic E-state index is -1.01. The van der Waals surface area contributed by atoms with Gasteiger partial charge in [0, 0.05) is 0 Å². The van der Waals surface area contributed by atoms with Crippen molar-refractivity contribution in [2.45, 2.75) is 6.92 Å². The molecule has 0 aliphatic heterocycles. The van der Waals surface area contributed by atoms with Gasteiger partial charge in [0.25, 0.3) is 11.8 Å². The molecule has 0 unspecified atom stereocenters. The summed E-state index contributed by atoms with van der Waals surface area (Å²) in [5.74, 6) is -1.92. The summed E-state index contributed by atoms with van der Waals surface area (Å²) in [4.78, 5) is 22.7. The molecule has 0 spiro atoms. The largest absolute Gasteiger partial charge is 0.364 e. The molecule has 0 saturated heterocycles. The third kappa shape index (κ3) is 3.79. The molecule has 0 saturated carbocycles. The predicted octanol–water partition coefficient (Wildman–Crippen LogP) is 0.932. The fourth-order valence-electron chi connectivity index (χ4n) is 1.30. The third-order valence-corrected chi connectivity index (χ3v) is 2.36. The molecule has 2 N–H and O–H groups in total. The number of anilines is 1. The van der Waals surface area contributed by atoms with E-state index < -0.39 is 17.5 Å². The number of amides is 2. The highest BCUT2D eigenvalue weighted by Gasteiger charge is 2.17. The molecule has 0 atom stereocenters. The summed E-state index contributed by atoms with van der Waals surface area (Å²) < 4.78 is 0. The summed E-state index contributed by atoms with van der Waals surface area (Å²) in [5.41, 5.74) is 5.70. The number of carbonyl (C=O) groups excluding carboxylic acids is 2. The van der Waals surface area contributed by atoms with Crippen LogP contribution in [-0.4, -0.2) is 23.4 Å². The van der Waals surface area contributed by atoms with Crippen molar-refractivity contribution in [2.24, 2.45) is 10.8 Å². The number of benzene rings is 1. The maximum atomic E-state index is 11.7. The number of hydrogen-bond donors (Lipinski definition) is 1. The van der Waals surface area contributed by atoms with Crippen molar-refractivity contribution >= 4 is 34.8 Å². The van der Waals surface area contributed by atoms with Gasteiger partial charge in [-0.05, 0) is 24.6 Å². The Morgan fingerprint density at radius 3 is 2.68 bits per heavy atom. The van der Waals surface area contributed by atoms with Gasteiger partial charge >= 0.3 is 0 Å². The Morgan fingerprint density at radius 2 is 2.21 bits per heavy atom. The maximum Gasteiger partial charge on any atom is 0.280 e. The first kappa shape index (κ1) is 14.7. The van der Waals surface area contributed by atoms with E-state index in [4.69, 9.17) is 22.6 Å². The van der Waals surface area contributed by atoms with Crippen molar-refractivity contribution in [3.63, 3.8) is 0 Å². The molecule has 0 aliphatic carbocycles. The van der Waals surface area contributed by atoms with Crippen molar-refractivity contribution in [1.82, 2.24) is 0 Å². The Kier molecular flexibility index (Phi) is 5.03. The van der Waals surface area contributed by atoms with E-state index in [0.29, 0.717) is 5.69 Å². The van der Waals surface area contributed by atoms with Crippen LogP contribution in [0.15, 0.2) is 29.4 Å². The fraction of sp³-hybridized carbons (Fsp3) is 0.167. The van der Waals surface area contributed by atoms with Gasteiger partial charge in [-0.2, -0.15) is 10.3 Å². The summed E-state index contributed by atoms with van der Waals surface area (Å²) in [6, 6.07) is 8.35. The Labute approximate surface area is 115 Å². The lowest BCUT2D eigenvalue weighted by atomic mass is 10.2. The summed E-state index contributed by atoms with van der Waals surface area (Å²) >= 11 is 5.48. The number of nitriles is 1. The number of primary amides is 1. The zero-order valence-electron chi connectivity index (χ0n) is 10.1. The van der Waals surface area contributed by atoms with E-state index in [0.717, 1.165) is 10.6 Å². The molecule has 0 heterocycles. The fourth-order valence-corrected chi connectivity index (χ4v) is 1.41. The highest BCUT2D eigenvalue weighted by Crippen LogP contribution is 2.17. The molecule has 1 aromatic rings. The van der Waals surface area contributed by atoms with Gasteiger partial charge in [-0.15, -0.1) is 16.7 Å². The Hall–Kier alpha value is -2.39. The SMILES string of the molecule is Cc1cccc(N(N=C(C#N)C(N)=O)C(=O)CCl)c1. The third-order valence-electron chi connectivity index (χ3n) is 2.14. The van der Waals surface area contributed by atoms with Crippen LogP contribution >= 0.6 is 11.6 Å². The normalized spacial score (nSPS) is 10.7. The van der Waals surface area contributed by atoms with E-state index in [1.54, 1.807) is 18.2 Å². The maximum absolute atomic E-state index is 11.7. The molecule has 0 bridgehead atoms. The van der Waals surface area contributed by atoms with Crippen LogP contribution in [0.4, 0.5) is 5.69 Å². The van der Waals surface area contributed by atoms with Crippen molar-refractivity contribution < 1.29 is 9.59 Å². The first-order valence-electron chi connectivity index (χ1n) is 5.23. The molecule has 7 heteroatoms. The van der Waals surface area contributed by atoms with Crippen LogP contribution in [0.5, 0.6) is 0 Å². The van der Waals surface area contributed by atoms with Crippen molar-refractivity contribution in [3.05, 3.63) is 29.8 Å². The predicted molar refractivity (Wildman–Crippen MR) is 71.6 cm³/mol. The van der Waals surface area contributed by atoms with E-state index in [-0.39, 0.29) is 5.88 Å². The van der Waals surface area contributed by atoms with E-state index in [1.165, 1.54) is 6.07 Å². The Bertz CT molecular complexity index is 577. The molecule has 6 nitrogen and oxygen atoms in total. The molecule has 19 heavy (non-hydrogen) atoms. The molecule has 0 fully saturated rings. The van der Waals surface area contributed by atoms with Gasteiger partial charge in [0.15, 0.2) is 0 Å². The Morgan fingerprint density at radius 1 is 1.53 bits per heavy atom.